The zero-order valence-electron chi connectivity index (χ0n) is 9.57. The number of aromatic amines is 1. The van der Waals surface area contributed by atoms with E-state index in [9.17, 15) is 9.90 Å². The minimum atomic E-state index is -1.18. The van der Waals surface area contributed by atoms with Gasteiger partial charge in [-0.2, -0.15) is 0 Å². The van der Waals surface area contributed by atoms with Crippen LogP contribution in [0.1, 0.15) is 10.5 Å². The van der Waals surface area contributed by atoms with Crippen LogP contribution in [0.5, 0.6) is 0 Å². The number of para-hydroxylation sites is 1. The van der Waals surface area contributed by atoms with Crippen molar-refractivity contribution in [2.24, 2.45) is 0 Å². The van der Waals surface area contributed by atoms with E-state index in [-0.39, 0.29) is 5.69 Å². The first kappa shape index (κ1) is 10.7. The van der Waals surface area contributed by atoms with E-state index < -0.39 is 5.97 Å². The lowest BCUT2D eigenvalue weighted by Crippen LogP contribution is -2.34. The number of carboxylic acids is 1. The molecule has 0 bridgehead atoms. The second-order valence-corrected chi connectivity index (χ2v) is 4.72. The Hall–Kier alpha value is -1.81. The highest BCUT2D eigenvalue weighted by Gasteiger charge is 2.17. The quantitative estimate of drug-likeness (QED) is 0.755. The average Bonchev–Trinajstić information content (AvgIpc) is 2.58. The minimum absolute atomic E-state index is 0.121. The van der Waals surface area contributed by atoms with Crippen LogP contribution < -0.4 is 9.59 Å². The fourth-order valence-electron chi connectivity index (χ4n) is 1.81. The predicted molar refractivity (Wildman–Crippen MR) is 62.2 cm³/mol. The fourth-order valence-corrected chi connectivity index (χ4v) is 1.81. The molecule has 84 valence electrons. The van der Waals surface area contributed by atoms with Gasteiger partial charge in [0.15, 0.2) is 5.69 Å². The highest BCUT2D eigenvalue weighted by atomic mass is 16.4. The number of benzene rings is 1. The summed E-state index contributed by atoms with van der Waals surface area (Å²) >= 11 is 0. The van der Waals surface area contributed by atoms with Gasteiger partial charge < -0.3 is 14.9 Å². The van der Waals surface area contributed by atoms with Crippen LogP contribution in [0.25, 0.3) is 10.9 Å². The summed E-state index contributed by atoms with van der Waals surface area (Å²) in [5.74, 6) is -1.18. The van der Waals surface area contributed by atoms with Crippen LogP contribution in [-0.4, -0.2) is 32.1 Å². The molecule has 1 aromatic heterocycles. The van der Waals surface area contributed by atoms with Crippen LogP contribution in [0.15, 0.2) is 24.3 Å². The third-order valence-corrected chi connectivity index (χ3v) is 2.58. The van der Waals surface area contributed by atoms with Gasteiger partial charge >= 0.3 is 0 Å². The van der Waals surface area contributed by atoms with Crippen molar-refractivity contribution in [2.75, 3.05) is 21.1 Å². The standard InChI is InChI=1S/C12H14N2O2/c1-14(2,3)10-6-4-5-8-7-9(12(15)16)13-11(8)10/h4-7,13H,1-3H3. The summed E-state index contributed by atoms with van der Waals surface area (Å²) in [5, 5.41) is 11.7. The zero-order chi connectivity index (χ0) is 11.9. The van der Waals surface area contributed by atoms with E-state index in [0.29, 0.717) is 4.48 Å². The van der Waals surface area contributed by atoms with Gasteiger partial charge in [0.2, 0.25) is 0 Å². The van der Waals surface area contributed by atoms with Gasteiger partial charge in [-0.05, 0) is 6.07 Å². The Kier molecular flexibility index (Phi) is 2.24. The van der Waals surface area contributed by atoms with Crippen molar-refractivity contribution in [2.45, 2.75) is 0 Å². The normalized spacial score (nSPS) is 11.9. The van der Waals surface area contributed by atoms with Crippen LogP contribution in [0, 0.1) is 0 Å². The van der Waals surface area contributed by atoms with Gasteiger partial charge in [0, 0.05) is 11.5 Å². The topological polar surface area (TPSA) is 55.9 Å². The summed E-state index contributed by atoms with van der Waals surface area (Å²) in [6.45, 7) is 0. The predicted octanol–water partition coefficient (Wildman–Crippen LogP) is 0.728. The molecule has 0 spiro atoms. The largest absolute Gasteiger partial charge is 0.543 e. The summed E-state index contributed by atoms with van der Waals surface area (Å²) in [7, 11) is 6.11. The molecule has 4 heteroatoms. The van der Waals surface area contributed by atoms with Crippen LogP contribution in [0.4, 0.5) is 5.69 Å². The van der Waals surface area contributed by atoms with Gasteiger partial charge in [0.05, 0.1) is 32.8 Å². The van der Waals surface area contributed by atoms with Gasteiger partial charge in [-0.1, -0.05) is 12.1 Å². The van der Waals surface area contributed by atoms with E-state index in [2.05, 4.69) is 4.98 Å². The smallest absolute Gasteiger partial charge is 0.156 e. The van der Waals surface area contributed by atoms with Crippen molar-refractivity contribution < 1.29 is 9.90 Å². The SMILES string of the molecule is C[N+](C)(C)c1cccc2cc(C(=O)[O-])[nH]c12. The van der Waals surface area contributed by atoms with E-state index in [1.807, 2.05) is 39.3 Å². The van der Waals surface area contributed by atoms with Gasteiger partial charge in [0.25, 0.3) is 0 Å². The molecule has 0 aliphatic rings. The summed E-state index contributed by atoms with van der Waals surface area (Å²) in [4.78, 5) is 13.7. The number of quaternary nitrogens is 1. The number of carbonyl (C=O) groups is 1. The maximum atomic E-state index is 10.8. The van der Waals surface area contributed by atoms with Crippen molar-refractivity contribution in [1.82, 2.24) is 9.47 Å². The van der Waals surface area contributed by atoms with Gasteiger partial charge in [-0.25, -0.2) is 0 Å². The number of aromatic nitrogens is 1. The first-order valence-electron chi connectivity index (χ1n) is 5.04. The number of carboxylic acid groups (broad SMARTS) is 1. The molecule has 0 atom stereocenters. The molecule has 16 heavy (non-hydrogen) atoms. The Morgan fingerprint density at radius 2 is 2.00 bits per heavy atom. The Balaban J connectivity index is 2.73. The molecule has 0 amide bonds. The molecule has 0 aliphatic heterocycles. The molecule has 0 saturated carbocycles. The van der Waals surface area contributed by atoms with Gasteiger partial charge in [-0.3, -0.25) is 4.48 Å². The Bertz CT molecular complexity index is 550. The molecule has 4 nitrogen and oxygen atoms in total. The summed E-state index contributed by atoms with van der Waals surface area (Å²) in [5.41, 5.74) is 2.02. The van der Waals surface area contributed by atoms with Gasteiger partial charge in [0.1, 0.15) is 5.52 Å². The van der Waals surface area contributed by atoms with E-state index in [1.54, 1.807) is 6.07 Å². The third kappa shape index (κ3) is 1.67. The maximum Gasteiger partial charge on any atom is 0.156 e. The number of carbonyl (C=O) groups excluding carboxylic acids is 1. The van der Waals surface area contributed by atoms with Gasteiger partial charge in [-0.15, -0.1) is 0 Å². The van der Waals surface area contributed by atoms with Crippen molar-refractivity contribution in [3.63, 3.8) is 0 Å². The van der Waals surface area contributed by atoms with E-state index in [1.165, 1.54) is 0 Å². The summed E-state index contributed by atoms with van der Waals surface area (Å²) in [6, 6.07) is 7.40. The molecule has 1 heterocycles. The number of aromatic carboxylic acids is 1. The Morgan fingerprint density at radius 3 is 2.56 bits per heavy atom. The monoisotopic (exact) mass is 218 g/mol. The van der Waals surface area contributed by atoms with Crippen molar-refractivity contribution in [1.29, 1.82) is 0 Å². The van der Waals surface area contributed by atoms with E-state index >= 15 is 0 Å². The molecule has 0 radical (unpaired) electrons. The second kappa shape index (κ2) is 3.35. The average molecular weight is 218 g/mol. The van der Waals surface area contributed by atoms with E-state index in [4.69, 9.17) is 0 Å². The third-order valence-electron chi connectivity index (χ3n) is 2.58. The molecule has 2 rings (SSSR count). The number of H-pyrrole nitrogens is 1. The number of nitrogens with zero attached hydrogens (tertiary/aromatic N) is 1. The number of hydrogen-bond donors (Lipinski definition) is 1. The van der Waals surface area contributed by atoms with Crippen molar-refractivity contribution in [3.8, 4) is 0 Å². The first-order chi connectivity index (χ1) is 7.39. The lowest BCUT2D eigenvalue weighted by molar-refractivity contribution is -0.255. The molecule has 0 fully saturated rings. The highest BCUT2D eigenvalue weighted by molar-refractivity contribution is 5.97. The molecular weight excluding hydrogens is 204 g/mol. The molecular formula is C12H14N2O2. The Labute approximate surface area is 93.7 Å². The van der Waals surface area contributed by atoms with Crippen molar-refractivity contribution >= 4 is 22.6 Å². The van der Waals surface area contributed by atoms with Crippen LogP contribution in [-0.2, 0) is 0 Å². The van der Waals surface area contributed by atoms with Crippen LogP contribution >= 0.6 is 0 Å². The lowest BCUT2D eigenvalue weighted by Gasteiger charge is -2.23. The summed E-state index contributed by atoms with van der Waals surface area (Å²) in [6.07, 6.45) is 0. The number of nitrogens with one attached hydrogen (secondary N) is 1. The van der Waals surface area contributed by atoms with Crippen LogP contribution in [0.3, 0.4) is 0 Å². The second-order valence-electron chi connectivity index (χ2n) is 4.72. The number of rotatable bonds is 2. The summed E-state index contributed by atoms with van der Waals surface area (Å²) < 4.78 is 0.629. The number of hydrogen-bond acceptors (Lipinski definition) is 2. The first-order valence-corrected chi connectivity index (χ1v) is 5.04. The minimum Gasteiger partial charge on any atom is -0.543 e. The Morgan fingerprint density at radius 1 is 1.31 bits per heavy atom. The lowest BCUT2D eigenvalue weighted by atomic mass is 10.2. The molecule has 1 aromatic carbocycles. The molecule has 2 aromatic rings. The number of fused-ring (bicyclic) bond motifs is 1. The highest BCUT2D eigenvalue weighted by Crippen LogP contribution is 2.28. The van der Waals surface area contributed by atoms with Crippen molar-refractivity contribution in [3.05, 3.63) is 30.0 Å². The molecule has 1 N–H and O–H groups in total. The molecule has 0 unspecified atom stereocenters. The molecule has 0 saturated heterocycles. The fraction of sp³-hybridized carbons (Fsp3) is 0.250. The molecule has 0 aliphatic carbocycles. The van der Waals surface area contributed by atoms with Crippen LogP contribution in [0.2, 0.25) is 0 Å². The maximum absolute atomic E-state index is 10.8. The van der Waals surface area contributed by atoms with E-state index in [0.717, 1.165) is 16.6 Å². The zero-order valence-corrected chi connectivity index (χ0v) is 9.57.